The van der Waals surface area contributed by atoms with Crippen molar-refractivity contribution in [3.05, 3.63) is 13.9 Å². The van der Waals surface area contributed by atoms with Crippen molar-refractivity contribution in [2.75, 3.05) is 39.6 Å². The van der Waals surface area contributed by atoms with Crippen molar-refractivity contribution in [3.8, 4) is 0 Å². The summed E-state index contributed by atoms with van der Waals surface area (Å²) in [6.45, 7) is 47.3. The number of hydrogen-bond donors (Lipinski definition) is 0. The fourth-order valence-corrected chi connectivity index (χ4v) is 28.7. The molecule has 15 heteroatoms. The Morgan fingerprint density at radius 3 is 0.444 bits per heavy atom. The molecule has 0 aromatic rings. The largest absolute Gasteiger partial charge is 3.00 e. The molecule has 0 atom stereocenters. The zero-order valence-electron chi connectivity index (χ0n) is 34.0. The summed E-state index contributed by atoms with van der Waals surface area (Å²) in [5.74, 6) is 0. The fraction of sp³-hybridized carbons (Fsp3) is 1.00. The molecule has 0 aromatic heterocycles. The maximum atomic E-state index is 4.94. The Balaban J connectivity index is -0.000000102. The van der Waals surface area contributed by atoms with Gasteiger partial charge >= 0.3 is 60.2 Å². The van der Waals surface area contributed by atoms with Crippen molar-refractivity contribution in [1.82, 2.24) is 0 Å². The zero-order chi connectivity index (χ0) is 33.7. The van der Waals surface area contributed by atoms with Crippen LogP contribution >= 0.6 is 0 Å². The van der Waals surface area contributed by atoms with Crippen LogP contribution in [-0.4, -0.2) is 89.1 Å². The van der Waals surface area contributed by atoms with Crippen LogP contribution in [0.3, 0.4) is 0 Å². The van der Waals surface area contributed by atoms with Crippen molar-refractivity contribution < 1.29 is 86.8 Å². The first-order valence-corrected chi connectivity index (χ1v) is 37.3. The molecule has 0 N–H and O–H groups in total. The standard InChI is InChI=1S/3C6H18NSi2.3C4H8O.ClH.Li.Pr/c3*1-8(2,3)7-9(4,5)6;3*1-2-4-5-3-1;;;/h3*1-6H3;3*1-4H2;1H;;/q3*-1;;;;;+1;+3/p-1. The third-order valence-corrected chi connectivity index (χ3v) is 20.6. The molecule has 0 radical (unpaired) electrons. The molecule has 0 bridgehead atoms. The van der Waals surface area contributed by atoms with Gasteiger partial charge in [-0.05, 0) is 38.5 Å². The number of rotatable bonds is 6. The molecule has 45 heavy (non-hydrogen) atoms. The fourth-order valence-electron chi connectivity index (χ4n) is 4.55. The molecule has 3 aliphatic rings. The smallest absolute Gasteiger partial charge is 1.00 e. The number of ether oxygens (including phenoxy) is 3. The van der Waals surface area contributed by atoms with E-state index in [0.29, 0.717) is 0 Å². The van der Waals surface area contributed by atoms with Crippen molar-refractivity contribution in [1.29, 1.82) is 0 Å². The van der Waals surface area contributed by atoms with Gasteiger partial charge in [0, 0.05) is 39.6 Å². The monoisotopic (exact) mass is 879 g/mol. The molecule has 3 heterocycles. The molecule has 0 aromatic carbocycles. The Hall–Kier alpha value is 3.31. The minimum atomic E-state index is -1.11. The molecular formula is C30H78ClLiN3O3PrSi6. The molecule has 3 saturated heterocycles. The van der Waals surface area contributed by atoms with Crippen LogP contribution in [-0.2, 0) is 14.2 Å². The Morgan fingerprint density at radius 2 is 0.422 bits per heavy atom. The topological polar surface area (TPSA) is 70.0 Å². The van der Waals surface area contributed by atoms with Crippen LogP contribution in [0.1, 0.15) is 38.5 Å². The van der Waals surface area contributed by atoms with Crippen molar-refractivity contribution >= 4 is 49.4 Å². The van der Waals surface area contributed by atoms with Crippen LogP contribution in [0.25, 0.3) is 13.9 Å². The maximum absolute atomic E-state index is 4.94. The van der Waals surface area contributed by atoms with Crippen LogP contribution in [0.4, 0.5) is 0 Å². The molecule has 3 rings (SSSR count). The predicted octanol–water partition coefficient (Wildman–Crippen LogP) is 5.49. The van der Waals surface area contributed by atoms with Gasteiger partial charge in [-0.15, -0.1) is 0 Å². The first kappa shape index (κ1) is 60.4. The van der Waals surface area contributed by atoms with E-state index in [0.717, 1.165) is 39.6 Å². The summed E-state index contributed by atoms with van der Waals surface area (Å²) in [5, 5.41) is 0. The van der Waals surface area contributed by atoms with E-state index in [4.69, 9.17) is 28.2 Å². The molecule has 3 fully saturated rings. The molecular weight excluding hydrogens is 802 g/mol. The van der Waals surface area contributed by atoms with Crippen molar-refractivity contribution in [3.63, 3.8) is 0 Å². The first-order valence-electron chi connectivity index (χ1n) is 16.6. The average molecular weight is 881 g/mol. The van der Waals surface area contributed by atoms with Gasteiger partial charge in [-0.1, -0.05) is 167 Å². The van der Waals surface area contributed by atoms with E-state index in [1.807, 2.05) is 0 Å². The molecule has 0 saturated carbocycles. The van der Waals surface area contributed by atoms with E-state index in [2.05, 4.69) is 118 Å². The van der Waals surface area contributed by atoms with Gasteiger partial charge in [-0.25, -0.2) is 0 Å². The summed E-state index contributed by atoms with van der Waals surface area (Å²) >= 11 is 0. The summed E-state index contributed by atoms with van der Waals surface area (Å²) in [7, 11) is -6.64. The Labute approximate surface area is 342 Å². The Kier molecular flexibility index (Phi) is 41.5. The van der Waals surface area contributed by atoms with Gasteiger partial charge in [0.1, 0.15) is 0 Å². The molecule has 266 valence electrons. The van der Waals surface area contributed by atoms with E-state index in [1.165, 1.54) is 38.5 Å². The van der Waals surface area contributed by atoms with Gasteiger partial charge in [0.15, 0.2) is 0 Å². The third-order valence-electron chi connectivity index (χ3n) is 4.49. The van der Waals surface area contributed by atoms with E-state index < -0.39 is 49.4 Å². The van der Waals surface area contributed by atoms with Gasteiger partial charge in [-0.3, -0.25) is 0 Å². The molecule has 6 nitrogen and oxygen atoms in total. The maximum Gasteiger partial charge on any atom is 3.00 e. The third kappa shape index (κ3) is 73.7. The van der Waals surface area contributed by atoms with Crippen molar-refractivity contribution in [2.45, 2.75) is 156 Å². The molecule has 0 spiro atoms. The van der Waals surface area contributed by atoms with Crippen LogP contribution in [0.2, 0.25) is 118 Å². The summed E-state index contributed by atoms with van der Waals surface area (Å²) in [4.78, 5) is 0. The van der Waals surface area contributed by atoms with Crippen LogP contribution in [0, 0.1) is 41.3 Å². The van der Waals surface area contributed by atoms with E-state index in [1.54, 1.807) is 0 Å². The van der Waals surface area contributed by atoms with Gasteiger partial charge in [-0.2, -0.15) is 0 Å². The summed E-state index contributed by atoms with van der Waals surface area (Å²) in [6, 6.07) is 0. The number of hydrogen-bond acceptors (Lipinski definition) is 3. The van der Waals surface area contributed by atoms with Gasteiger partial charge in [0.05, 0.1) is 0 Å². The van der Waals surface area contributed by atoms with Crippen LogP contribution in [0.15, 0.2) is 0 Å². The summed E-state index contributed by atoms with van der Waals surface area (Å²) < 4.78 is 29.3. The van der Waals surface area contributed by atoms with Gasteiger partial charge < -0.3 is 40.6 Å². The number of halogens is 1. The second-order valence-electron chi connectivity index (χ2n) is 17.3. The van der Waals surface area contributed by atoms with Gasteiger partial charge in [0.25, 0.3) is 0 Å². The normalized spacial score (nSPS) is 16.4. The zero-order valence-corrected chi connectivity index (χ0v) is 44.5. The second-order valence-corrected chi connectivity index (χ2v) is 46.1. The summed E-state index contributed by atoms with van der Waals surface area (Å²) in [6.07, 6.45) is 7.67. The Morgan fingerprint density at radius 1 is 0.311 bits per heavy atom. The molecule has 3 aliphatic heterocycles. The second kappa shape index (κ2) is 30.9. The first-order chi connectivity index (χ1) is 18.6. The quantitative estimate of drug-likeness (QED) is 0.332. The molecule has 0 unspecified atom stereocenters. The average Bonchev–Trinajstić information content (AvgIpc) is 3.49. The number of nitrogens with zero attached hydrogens (tertiary/aromatic N) is 3. The molecule has 0 aliphatic carbocycles. The van der Waals surface area contributed by atoms with Crippen LogP contribution in [0.5, 0.6) is 0 Å². The predicted molar refractivity (Wildman–Crippen MR) is 210 cm³/mol. The molecule has 0 amide bonds. The van der Waals surface area contributed by atoms with Crippen molar-refractivity contribution in [2.24, 2.45) is 0 Å². The van der Waals surface area contributed by atoms with E-state index >= 15 is 0 Å². The summed E-state index contributed by atoms with van der Waals surface area (Å²) in [5.41, 5.74) is 0. The minimum absolute atomic E-state index is 0. The van der Waals surface area contributed by atoms with E-state index in [-0.39, 0.29) is 72.6 Å². The van der Waals surface area contributed by atoms with E-state index in [9.17, 15) is 0 Å². The van der Waals surface area contributed by atoms with Gasteiger partial charge in [0.2, 0.25) is 0 Å². The van der Waals surface area contributed by atoms with Crippen LogP contribution < -0.4 is 31.3 Å². The minimum Gasteiger partial charge on any atom is -1.00 e. The Bertz CT molecular complexity index is 483. The SMILES string of the molecule is C1CCOC1.C1CCOC1.C1CCOC1.C[Si](C)(C)[N-][Si](C)(C)C.C[Si](C)(C)[N-][Si](C)(C)C.C[Si](C)(C)[N-][Si](C)(C)C.[Cl-].[Li+].[Pr+3].